The number of fused-ring (bicyclic) bond motifs is 1. The lowest BCUT2D eigenvalue weighted by Crippen LogP contribution is -2.24. The van der Waals surface area contributed by atoms with Crippen molar-refractivity contribution >= 4 is 17.1 Å². The monoisotopic (exact) mass is 292 g/mol. The van der Waals surface area contributed by atoms with Crippen molar-refractivity contribution in [3.8, 4) is 0 Å². The van der Waals surface area contributed by atoms with Crippen LogP contribution in [-0.4, -0.2) is 31.0 Å². The van der Waals surface area contributed by atoms with E-state index in [1.807, 2.05) is 0 Å². The second-order valence-electron chi connectivity index (χ2n) is 5.77. The van der Waals surface area contributed by atoms with Crippen LogP contribution in [0, 0.1) is 5.41 Å². The van der Waals surface area contributed by atoms with E-state index in [0.717, 1.165) is 25.7 Å². The number of imidazole rings is 1. The molecule has 1 saturated carbocycles. The topological polar surface area (TPSA) is 132 Å². The van der Waals surface area contributed by atoms with Crippen molar-refractivity contribution in [2.75, 3.05) is 0 Å². The predicted octanol–water partition coefficient (Wildman–Crippen LogP) is 0.517. The summed E-state index contributed by atoms with van der Waals surface area (Å²) in [7, 11) is 0. The first kappa shape index (κ1) is 13.6. The van der Waals surface area contributed by atoms with Gasteiger partial charge in [-0.3, -0.25) is 19.6 Å². The highest BCUT2D eigenvalue weighted by molar-refractivity contribution is 5.69. The first-order valence-electron chi connectivity index (χ1n) is 6.90. The number of nitrogens with zero attached hydrogens (tertiary/aromatic N) is 1. The molecule has 0 aromatic carbocycles. The van der Waals surface area contributed by atoms with Crippen molar-refractivity contribution in [3.63, 3.8) is 0 Å². The molecule has 1 aliphatic rings. The van der Waals surface area contributed by atoms with Crippen LogP contribution in [0.2, 0.25) is 0 Å². The molecule has 112 valence electrons. The van der Waals surface area contributed by atoms with Gasteiger partial charge >= 0.3 is 11.7 Å². The van der Waals surface area contributed by atoms with E-state index in [4.69, 9.17) is 5.11 Å². The maximum Gasteiger partial charge on any atom is 0.327 e. The Labute approximate surface area is 118 Å². The molecular formula is C13H16N4O4. The van der Waals surface area contributed by atoms with Gasteiger partial charge in [0.25, 0.3) is 5.56 Å². The quantitative estimate of drug-likeness (QED) is 0.652. The molecule has 8 heteroatoms. The second kappa shape index (κ2) is 4.87. The zero-order valence-electron chi connectivity index (χ0n) is 11.4. The molecule has 8 nitrogen and oxygen atoms in total. The molecule has 0 spiro atoms. The van der Waals surface area contributed by atoms with Gasteiger partial charge < -0.3 is 10.1 Å². The maximum atomic E-state index is 11.7. The van der Waals surface area contributed by atoms with Gasteiger partial charge in [-0.25, -0.2) is 9.78 Å². The Hall–Kier alpha value is -2.38. The van der Waals surface area contributed by atoms with Gasteiger partial charge in [0.1, 0.15) is 11.3 Å². The molecule has 2 heterocycles. The Kier molecular flexibility index (Phi) is 3.15. The van der Waals surface area contributed by atoms with Crippen LogP contribution < -0.4 is 11.2 Å². The second-order valence-corrected chi connectivity index (χ2v) is 5.77. The Balaban J connectivity index is 1.97. The zero-order valence-corrected chi connectivity index (χ0v) is 11.4. The molecule has 4 N–H and O–H groups in total. The van der Waals surface area contributed by atoms with Gasteiger partial charge in [-0.15, -0.1) is 0 Å². The van der Waals surface area contributed by atoms with Crippen molar-refractivity contribution in [2.45, 2.75) is 38.5 Å². The molecule has 0 aliphatic heterocycles. The summed E-state index contributed by atoms with van der Waals surface area (Å²) in [5.41, 5.74) is -1.01. The number of H-pyrrole nitrogens is 3. The summed E-state index contributed by atoms with van der Waals surface area (Å²) in [6, 6.07) is 0. The molecule has 2 aromatic heterocycles. The normalized spacial score (nSPS) is 17.3. The maximum absolute atomic E-state index is 11.7. The standard InChI is InChI=1S/C13H16N4O4/c18-8(19)6-13(3-1-2-4-13)5-7-14-9-10(15-7)16-12(21)17-11(9)20/h1-6H2,(H,18,19)(H3,14,15,16,17,20,21). The Bertz CT molecular complexity index is 794. The van der Waals surface area contributed by atoms with E-state index in [-0.39, 0.29) is 23.0 Å². The zero-order chi connectivity index (χ0) is 15.0. The number of aliphatic carboxylic acids is 1. The highest BCUT2D eigenvalue weighted by atomic mass is 16.4. The average molecular weight is 292 g/mol. The van der Waals surface area contributed by atoms with Crippen molar-refractivity contribution in [3.05, 3.63) is 26.7 Å². The number of aromatic amines is 3. The minimum atomic E-state index is -0.820. The van der Waals surface area contributed by atoms with Crippen LogP contribution in [-0.2, 0) is 11.2 Å². The Morgan fingerprint density at radius 3 is 2.57 bits per heavy atom. The minimum Gasteiger partial charge on any atom is -0.481 e. The third-order valence-electron chi connectivity index (χ3n) is 4.17. The highest BCUT2D eigenvalue weighted by Gasteiger charge is 2.37. The number of carboxylic acid groups (broad SMARTS) is 1. The lowest BCUT2D eigenvalue weighted by molar-refractivity contribution is -0.139. The van der Waals surface area contributed by atoms with Gasteiger partial charge in [0.05, 0.1) is 6.42 Å². The smallest absolute Gasteiger partial charge is 0.327 e. The minimum absolute atomic E-state index is 0.0942. The van der Waals surface area contributed by atoms with Crippen LogP contribution in [0.5, 0.6) is 0 Å². The molecule has 21 heavy (non-hydrogen) atoms. The fourth-order valence-corrected chi connectivity index (χ4v) is 3.28. The summed E-state index contributed by atoms with van der Waals surface area (Å²) < 4.78 is 0. The first-order valence-corrected chi connectivity index (χ1v) is 6.90. The number of hydrogen-bond acceptors (Lipinski definition) is 4. The van der Waals surface area contributed by atoms with E-state index in [9.17, 15) is 14.4 Å². The summed E-state index contributed by atoms with van der Waals surface area (Å²) in [5, 5.41) is 9.10. The number of carboxylic acids is 1. The van der Waals surface area contributed by atoms with Gasteiger partial charge in [-0.1, -0.05) is 12.8 Å². The van der Waals surface area contributed by atoms with Crippen LogP contribution in [0.1, 0.15) is 37.9 Å². The Morgan fingerprint density at radius 1 is 1.19 bits per heavy atom. The molecule has 0 unspecified atom stereocenters. The van der Waals surface area contributed by atoms with E-state index in [0.29, 0.717) is 12.2 Å². The first-order chi connectivity index (χ1) is 9.97. The molecule has 0 atom stereocenters. The van der Waals surface area contributed by atoms with Gasteiger partial charge in [0.15, 0.2) is 5.65 Å². The van der Waals surface area contributed by atoms with E-state index >= 15 is 0 Å². The molecule has 0 bridgehead atoms. The van der Waals surface area contributed by atoms with Crippen LogP contribution in [0.15, 0.2) is 9.59 Å². The average Bonchev–Trinajstić information content (AvgIpc) is 2.95. The molecule has 0 radical (unpaired) electrons. The highest BCUT2D eigenvalue weighted by Crippen LogP contribution is 2.43. The molecule has 0 amide bonds. The SMILES string of the molecule is O=C(O)CC1(Cc2nc3[nH]c(=O)[nH]c(=O)c3[nH]2)CCCC1. The van der Waals surface area contributed by atoms with E-state index in [1.165, 1.54) is 0 Å². The van der Waals surface area contributed by atoms with Crippen molar-refractivity contribution in [1.29, 1.82) is 0 Å². The molecule has 3 rings (SSSR count). The van der Waals surface area contributed by atoms with Crippen molar-refractivity contribution in [2.24, 2.45) is 5.41 Å². The molecular weight excluding hydrogens is 276 g/mol. The van der Waals surface area contributed by atoms with Crippen molar-refractivity contribution in [1.82, 2.24) is 19.9 Å². The number of rotatable bonds is 4. The van der Waals surface area contributed by atoms with E-state index in [2.05, 4.69) is 19.9 Å². The summed E-state index contributed by atoms with van der Waals surface area (Å²) in [6.45, 7) is 0. The lowest BCUT2D eigenvalue weighted by atomic mass is 9.79. The fourth-order valence-electron chi connectivity index (χ4n) is 3.28. The number of aromatic nitrogens is 4. The number of hydrogen-bond donors (Lipinski definition) is 4. The number of carbonyl (C=O) groups is 1. The fraction of sp³-hybridized carbons (Fsp3) is 0.538. The molecule has 2 aromatic rings. The Morgan fingerprint density at radius 2 is 1.90 bits per heavy atom. The lowest BCUT2D eigenvalue weighted by Gasteiger charge is -2.25. The van der Waals surface area contributed by atoms with Crippen LogP contribution in [0.3, 0.4) is 0 Å². The summed E-state index contributed by atoms with van der Waals surface area (Å²) in [4.78, 5) is 45.7. The summed E-state index contributed by atoms with van der Waals surface area (Å²) in [5.74, 6) is -0.278. The van der Waals surface area contributed by atoms with Gasteiger partial charge in [0.2, 0.25) is 0 Å². The van der Waals surface area contributed by atoms with Crippen molar-refractivity contribution < 1.29 is 9.90 Å². The van der Waals surface area contributed by atoms with E-state index in [1.54, 1.807) is 0 Å². The largest absolute Gasteiger partial charge is 0.481 e. The van der Waals surface area contributed by atoms with Crippen LogP contribution >= 0.6 is 0 Å². The van der Waals surface area contributed by atoms with E-state index < -0.39 is 17.2 Å². The van der Waals surface area contributed by atoms with Gasteiger partial charge in [0, 0.05) is 6.42 Å². The number of nitrogens with one attached hydrogen (secondary N) is 3. The van der Waals surface area contributed by atoms with Crippen LogP contribution in [0.25, 0.3) is 11.2 Å². The third kappa shape index (κ3) is 2.61. The summed E-state index contributed by atoms with van der Waals surface area (Å²) >= 11 is 0. The van der Waals surface area contributed by atoms with Gasteiger partial charge in [-0.05, 0) is 18.3 Å². The molecule has 0 saturated heterocycles. The molecule has 1 fully saturated rings. The summed E-state index contributed by atoms with van der Waals surface area (Å²) in [6.07, 6.45) is 4.24. The molecule has 1 aliphatic carbocycles. The third-order valence-corrected chi connectivity index (χ3v) is 4.17. The van der Waals surface area contributed by atoms with Crippen LogP contribution in [0.4, 0.5) is 0 Å². The van der Waals surface area contributed by atoms with Gasteiger partial charge in [-0.2, -0.15) is 0 Å². The predicted molar refractivity (Wildman–Crippen MR) is 74.2 cm³/mol.